The topological polar surface area (TPSA) is 9.86 Å². The van der Waals surface area contributed by atoms with E-state index in [1.165, 1.54) is 153 Å². The van der Waals surface area contributed by atoms with Crippen LogP contribution in [0.2, 0.25) is 0 Å². The van der Waals surface area contributed by atoms with Gasteiger partial charge in [0.25, 0.3) is 0 Å². The molecule has 0 aliphatic heterocycles. The van der Waals surface area contributed by atoms with Gasteiger partial charge in [-0.05, 0) is 153 Å². The number of rotatable bonds is 7. The molecular weight excluding hydrogens is 913 g/mol. The lowest BCUT2D eigenvalue weighted by Crippen LogP contribution is -2.15. The standard InChI is InChI=1S/C71H52N2S/c1-5-6-7-14-38-72-60-25-11-10-21-56(60)69-54(23-16-28-63(69)72)53-22-15-18-47-40-48-39-44(30-33-50(48)68(47)53)45-32-36-65-57(41-45)67-43(2)49(35-37-66(67)74-65)46-31-34-55-59(42-46)71(3,4)58-24-17-29-64(70(55)58)73-61-26-12-8-19-51(61)52-20-9-13-27-62(52)73/h5-37,39,41-42H,38,40H2,1-4H3/b6-5-,14-7-. The van der Waals surface area contributed by atoms with Crippen LogP contribution in [-0.2, 0) is 18.4 Å². The summed E-state index contributed by atoms with van der Waals surface area (Å²) in [6.07, 6.45) is 9.51. The van der Waals surface area contributed by atoms with Crippen molar-refractivity contribution < 1.29 is 0 Å². The fraction of sp³-hybridized carbons (Fsp3) is 0.0986. The summed E-state index contributed by atoms with van der Waals surface area (Å²) < 4.78 is 7.62. The van der Waals surface area contributed by atoms with Gasteiger partial charge in [-0.2, -0.15) is 0 Å². The number of nitrogens with zero attached hydrogens (tertiary/aromatic N) is 2. The molecule has 2 aliphatic rings. The fourth-order valence-corrected chi connectivity index (χ4v) is 14.5. The Kier molecular flexibility index (Phi) is 9.47. The van der Waals surface area contributed by atoms with E-state index in [0.29, 0.717) is 0 Å². The van der Waals surface area contributed by atoms with Crippen LogP contribution >= 0.6 is 11.3 Å². The normalized spacial score (nSPS) is 13.7. The summed E-state index contributed by atoms with van der Waals surface area (Å²) in [5.41, 5.74) is 26.1. The number of hydrogen-bond donors (Lipinski definition) is 0. The zero-order valence-corrected chi connectivity index (χ0v) is 42.8. The molecule has 0 N–H and O–H groups in total. The summed E-state index contributed by atoms with van der Waals surface area (Å²) in [6, 6.07) is 73.7. The summed E-state index contributed by atoms with van der Waals surface area (Å²) >= 11 is 1.91. The van der Waals surface area contributed by atoms with E-state index in [4.69, 9.17) is 0 Å². The molecule has 0 amide bonds. The largest absolute Gasteiger partial charge is 0.337 e. The Morgan fingerprint density at radius 2 is 1.14 bits per heavy atom. The SMILES string of the molecule is C/C=C\C=C/Cn1c2ccccc2c2c(-c3cccc4c3-c3ccc(-c5ccc6sc7ccc(-c8ccc9c(c8)C(C)(C)c8cccc(-n%10c%11ccccc%11c%11ccccc%11%10)c8-9)c(C)c7c6c5)cc3C4)cccc21. The number of thiophene rings is 1. The highest BCUT2D eigenvalue weighted by Crippen LogP contribution is 2.54. The predicted octanol–water partition coefficient (Wildman–Crippen LogP) is 19.6. The molecule has 3 heterocycles. The summed E-state index contributed by atoms with van der Waals surface area (Å²) in [7, 11) is 0. The second kappa shape index (κ2) is 16.3. The summed E-state index contributed by atoms with van der Waals surface area (Å²) in [5.74, 6) is 0. The van der Waals surface area contributed by atoms with Crippen molar-refractivity contribution >= 4 is 75.1 Å². The molecule has 0 fully saturated rings. The number of fused-ring (bicyclic) bond motifs is 15. The number of aryl methyl sites for hydroxylation is 1. The first-order chi connectivity index (χ1) is 36.4. The average molecular weight is 965 g/mol. The van der Waals surface area contributed by atoms with Crippen molar-refractivity contribution in [1.29, 1.82) is 0 Å². The predicted molar refractivity (Wildman–Crippen MR) is 317 cm³/mol. The molecule has 0 atom stereocenters. The Morgan fingerprint density at radius 1 is 0.473 bits per heavy atom. The highest BCUT2D eigenvalue weighted by atomic mass is 32.1. The molecule has 10 aromatic carbocycles. The number of hydrogen-bond acceptors (Lipinski definition) is 1. The summed E-state index contributed by atoms with van der Waals surface area (Å²) in [4.78, 5) is 0. The first-order valence-corrected chi connectivity index (χ1v) is 26.9. The third-order valence-corrected chi connectivity index (χ3v) is 17.9. The molecule has 74 heavy (non-hydrogen) atoms. The molecule has 0 saturated heterocycles. The van der Waals surface area contributed by atoms with Gasteiger partial charge in [0.15, 0.2) is 0 Å². The van der Waals surface area contributed by atoms with Crippen molar-refractivity contribution in [2.24, 2.45) is 0 Å². The van der Waals surface area contributed by atoms with Crippen LogP contribution in [0, 0.1) is 6.92 Å². The molecule has 13 aromatic rings. The van der Waals surface area contributed by atoms with Gasteiger partial charge in [-0.15, -0.1) is 11.3 Å². The van der Waals surface area contributed by atoms with E-state index in [1.807, 2.05) is 11.3 Å². The number of aromatic nitrogens is 2. The van der Waals surface area contributed by atoms with Gasteiger partial charge in [-0.25, -0.2) is 0 Å². The molecule has 0 saturated carbocycles. The molecular formula is C71H52N2S. The van der Waals surface area contributed by atoms with E-state index in [1.54, 1.807) is 0 Å². The summed E-state index contributed by atoms with van der Waals surface area (Å²) in [6.45, 7) is 10.0. The van der Waals surface area contributed by atoms with E-state index >= 15 is 0 Å². The van der Waals surface area contributed by atoms with Crippen molar-refractivity contribution in [3.8, 4) is 61.3 Å². The number of allylic oxidation sites excluding steroid dienone is 4. The molecule has 0 spiro atoms. The second-order valence-electron chi connectivity index (χ2n) is 21.0. The Bertz CT molecular complexity index is 4550. The van der Waals surface area contributed by atoms with Crippen molar-refractivity contribution in [3.63, 3.8) is 0 Å². The second-order valence-corrected chi connectivity index (χ2v) is 22.1. The third kappa shape index (κ3) is 6.17. The molecule has 2 aliphatic carbocycles. The van der Waals surface area contributed by atoms with Gasteiger partial charge in [0.05, 0.1) is 22.2 Å². The van der Waals surface area contributed by atoms with Crippen molar-refractivity contribution in [2.75, 3.05) is 0 Å². The van der Waals surface area contributed by atoms with E-state index < -0.39 is 0 Å². The van der Waals surface area contributed by atoms with Crippen LogP contribution in [0.4, 0.5) is 0 Å². The third-order valence-electron chi connectivity index (χ3n) is 16.8. The number of para-hydroxylation sites is 3. The van der Waals surface area contributed by atoms with Crippen molar-refractivity contribution in [2.45, 2.75) is 46.1 Å². The smallest absolute Gasteiger partial charge is 0.0543 e. The van der Waals surface area contributed by atoms with Crippen molar-refractivity contribution in [1.82, 2.24) is 9.13 Å². The van der Waals surface area contributed by atoms with Gasteiger partial charge in [0.1, 0.15) is 0 Å². The first-order valence-electron chi connectivity index (χ1n) is 26.1. The molecule has 3 aromatic heterocycles. The zero-order valence-electron chi connectivity index (χ0n) is 42.0. The molecule has 352 valence electrons. The molecule has 3 heteroatoms. The van der Waals surface area contributed by atoms with Crippen LogP contribution in [0.1, 0.15) is 48.6 Å². The summed E-state index contributed by atoms with van der Waals surface area (Å²) in [5, 5.41) is 7.90. The molecule has 0 unspecified atom stereocenters. The van der Waals surface area contributed by atoms with Gasteiger partial charge >= 0.3 is 0 Å². The van der Waals surface area contributed by atoms with Crippen LogP contribution in [-0.4, -0.2) is 9.13 Å². The average Bonchev–Trinajstić information content (AvgIpc) is 4.23. The lowest BCUT2D eigenvalue weighted by molar-refractivity contribution is 0.660. The Hall–Kier alpha value is -8.50. The van der Waals surface area contributed by atoms with Gasteiger partial charge in [0.2, 0.25) is 0 Å². The maximum atomic E-state index is 2.50. The van der Waals surface area contributed by atoms with Crippen molar-refractivity contribution in [3.05, 3.63) is 246 Å². The maximum Gasteiger partial charge on any atom is 0.0543 e. The lowest BCUT2D eigenvalue weighted by atomic mass is 9.81. The maximum absolute atomic E-state index is 2.50. The van der Waals surface area contributed by atoms with Crippen LogP contribution < -0.4 is 0 Å². The molecule has 0 bridgehead atoms. The number of benzene rings is 10. The van der Waals surface area contributed by atoms with Crippen LogP contribution in [0.5, 0.6) is 0 Å². The lowest BCUT2D eigenvalue weighted by Gasteiger charge is -2.22. The minimum Gasteiger partial charge on any atom is -0.337 e. The van der Waals surface area contributed by atoms with Gasteiger partial charge < -0.3 is 9.13 Å². The molecule has 0 radical (unpaired) electrons. The molecule has 2 nitrogen and oxygen atoms in total. The molecule has 15 rings (SSSR count). The van der Waals surface area contributed by atoms with Crippen LogP contribution in [0.3, 0.4) is 0 Å². The van der Waals surface area contributed by atoms with Crippen LogP contribution in [0.25, 0.3) is 125 Å². The minimum absolute atomic E-state index is 0.171. The van der Waals surface area contributed by atoms with E-state index in [0.717, 1.165) is 13.0 Å². The minimum atomic E-state index is -0.171. The zero-order chi connectivity index (χ0) is 49.4. The Balaban J connectivity index is 0.800. The fourth-order valence-electron chi connectivity index (χ4n) is 13.4. The Labute approximate surface area is 435 Å². The van der Waals surface area contributed by atoms with E-state index in [9.17, 15) is 0 Å². The highest BCUT2D eigenvalue weighted by molar-refractivity contribution is 7.25. The quantitative estimate of drug-likeness (QED) is 0.141. The van der Waals surface area contributed by atoms with Gasteiger partial charge in [-0.1, -0.05) is 178 Å². The van der Waals surface area contributed by atoms with Gasteiger partial charge in [-0.3, -0.25) is 0 Å². The van der Waals surface area contributed by atoms with Crippen LogP contribution in [0.15, 0.2) is 218 Å². The first kappa shape index (κ1) is 43.1. The monoisotopic (exact) mass is 964 g/mol. The van der Waals surface area contributed by atoms with E-state index in [-0.39, 0.29) is 5.41 Å². The van der Waals surface area contributed by atoms with E-state index in [2.05, 4.69) is 255 Å². The highest BCUT2D eigenvalue weighted by Gasteiger charge is 2.38. The van der Waals surface area contributed by atoms with Gasteiger partial charge in [0, 0.05) is 64.8 Å². The Morgan fingerprint density at radius 3 is 1.96 bits per heavy atom.